The normalized spacial score (nSPS) is 10.2. The molecule has 0 unspecified atom stereocenters. The van der Waals surface area contributed by atoms with Gasteiger partial charge in [-0.15, -0.1) is 0 Å². The average Bonchev–Trinajstić information content (AvgIpc) is 2.89. The minimum absolute atomic E-state index is 0.184. The van der Waals surface area contributed by atoms with Crippen molar-refractivity contribution in [3.8, 4) is 5.75 Å². The second-order valence-corrected chi connectivity index (χ2v) is 5.12. The summed E-state index contributed by atoms with van der Waals surface area (Å²) in [6.45, 7) is 5.30. The van der Waals surface area contributed by atoms with E-state index in [-0.39, 0.29) is 6.61 Å². The molecule has 6 nitrogen and oxygen atoms in total. The number of rotatable bonds is 5. The van der Waals surface area contributed by atoms with E-state index < -0.39 is 11.8 Å². The molecule has 1 aromatic carbocycles. The second-order valence-electron chi connectivity index (χ2n) is 5.12. The van der Waals surface area contributed by atoms with Crippen LogP contribution in [0.2, 0.25) is 0 Å². The number of hydrogen-bond acceptors (Lipinski definition) is 4. The summed E-state index contributed by atoms with van der Waals surface area (Å²) in [5, 5.41) is 0. The zero-order valence-corrected chi connectivity index (χ0v) is 13.4. The zero-order valence-electron chi connectivity index (χ0n) is 13.4. The molecule has 0 atom stereocenters. The molecule has 0 spiro atoms. The molecule has 0 fully saturated rings. The Morgan fingerprint density at radius 2 is 1.96 bits per heavy atom. The molecule has 23 heavy (non-hydrogen) atoms. The van der Waals surface area contributed by atoms with Gasteiger partial charge >= 0.3 is 0 Å². The summed E-state index contributed by atoms with van der Waals surface area (Å²) in [5.41, 5.74) is 6.16. The number of benzene rings is 1. The van der Waals surface area contributed by atoms with Crippen molar-refractivity contribution in [1.29, 1.82) is 0 Å². The van der Waals surface area contributed by atoms with Crippen molar-refractivity contribution < 1.29 is 18.7 Å². The fourth-order valence-corrected chi connectivity index (χ4v) is 2.09. The van der Waals surface area contributed by atoms with Crippen LogP contribution >= 0.6 is 0 Å². The molecular formula is C17H20N2O4. The van der Waals surface area contributed by atoms with E-state index in [0.717, 1.165) is 12.0 Å². The SMILES string of the molecule is CCc1cccc(OCC(=O)NNC(=O)c2cc(C)oc2C)c1. The highest BCUT2D eigenvalue weighted by Crippen LogP contribution is 2.14. The number of ether oxygens (including phenoxy) is 1. The third-order valence-electron chi connectivity index (χ3n) is 3.28. The minimum Gasteiger partial charge on any atom is -0.484 e. The van der Waals surface area contributed by atoms with Crippen molar-refractivity contribution in [3.63, 3.8) is 0 Å². The Morgan fingerprint density at radius 1 is 1.17 bits per heavy atom. The molecule has 1 aromatic heterocycles. The largest absolute Gasteiger partial charge is 0.484 e. The summed E-state index contributed by atoms with van der Waals surface area (Å²) in [4.78, 5) is 23.6. The molecular weight excluding hydrogens is 296 g/mol. The summed E-state index contributed by atoms with van der Waals surface area (Å²) in [5.74, 6) is 0.880. The van der Waals surface area contributed by atoms with Crippen LogP contribution in [0.15, 0.2) is 34.7 Å². The van der Waals surface area contributed by atoms with Crippen molar-refractivity contribution in [2.24, 2.45) is 0 Å². The number of amides is 2. The van der Waals surface area contributed by atoms with E-state index in [1.807, 2.05) is 25.1 Å². The minimum atomic E-state index is -0.446. The third kappa shape index (κ3) is 4.60. The Bertz CT molecular complexity index is 706. The van der Waals surface area contributed by atoms with Crippen molar-refractivity contribution in [2.75, 3.05) is 6.61 Å². The van der Waals surface area contributed by atoms with Gasteiger partial charge in [0.1, 0.15) is 17.3 Å². The summed E-state index contributed by atoms with van der Waals surface area (Å²) in [7, 11) is 0. The molecule has 0 aliphatic rings. The lowest BCUT2D eigenvalue weighted by Crippen LogP contribution is -2.43. The summed E-state index contributed by atoms with van der Waals surface area (Å²) in [6.07, 6.45) is 0.892. The Morgan fingerprint density at radius 3 is 2.61 bits per heavy atom. The standard InChI is InChI=1S/C17H20N2O4/c1-4-13-6-5-7-14(9-13)22-10-16(20)18-19-17(21)15-8-11(2)23-12(15)3/h5-9H,4,10H2,1-3H3,(H,18,20)(H,19,21). The van der Waals surface area contributed by atoms with E-state index in [1.54, 1.807) is 26.0 Å². The molecule has 0 aliphatic heterocycles. The Kier molecular flexibility index (Phi) is 5.41. The van der Waals surface area contributed by atoms with Gasteiger partial charge in [0, 0.05) is 0 Å². The average molecular weight is 316 g/mol. The van der Waals surface area contributed by atoms with E-state index in [4.69, 9.17) is 9.15 Å². The molecule has 0 radical (unpaired) electrons. The van der Waals surface area contributed by atoms with Gasteiger partial charge in [-0.2, -0.15) is 0 Å². The Balaban J connectivity index is 1.81. The van der Waals surface area contributed by atoms with E-state index in [9.17, 15) is 9.59 Å². The Labute approximate surface area is 134 Å². The number of nitrogens with one attached hydrogen (secondary N) is 2. The predicted octanol–water partition coefficient (Wildman–Crippen LogP) is 2.30. The van der Waals surface area contributed by atoms with E-state index in [0.29, 0.717) is 22.8 Å². The van der Waals surface area contributed by atoms with Crippen LogP contribution in [0, 0.1) is 13.8 Å². The molecule has 0 saturated heterocycles. The topological polar surface area (TPSA) is 80.6 Å². The van der Waals surface area contributed by atoms with E-state index >= 15 is 0 Å². The fourth-order valence-electron chi connectivity index (χ4n) is 2.09. The van der Waals surface area contributed by atoms with Crippen LogP contribution in [-0.2, 0) is 11.2 Å². The van der Waals surface area contributed by atoms with E-state index in [1.165, 1.54) is 0 Å². The monoisotopic (exact) mass is 316 g/mol. The van der Waals surface area contributed by atoms with Gasteiger partial charge in [-0.1, -0.05) is 19.1 Å². The van der Waals surface area contributed by atoms with Crippen molar-refractivity contribution >= 4 is 11.8 Å². The van der Waals surface area contributed by atoms with Gasteiger partial charge in [0.2, 0.25) is 0 Å². The highest BCUT2D eigenvalue weighted by Gasteiger charge is 2.14. The lowest BCUT2D eigenvalue weighted by Gasteiger charge is -2.09. The van der Waals surface area contributed by atoms with Crippen LogP contribution in [0.25, 0.3) is 0 Å². The van der Waals surface area contributed by atoms with Crippen LogP contribution in [0.1, 0.15) is 34.4 Å². The summed E-state index contributed by atoms with van der Waals surface area (Å²) >= 11 is 0. The van der Waals surface area contributed by atoms with Gasteiger partial charge in [-0.05, 0) is 44.0 Å². The maximum atomic E-state index is 11.9. The van der Waals surface area contributed by atoms with Crippen molar-refractivity contribution in [2.45, 2.75) is 27.2 Å². The zero-order chi connectivity index (χ0) is 16.8. The number of furan rings is 1. The van der Waals surface area contributed by atoms with Gasteiger partial charge in [-0.25, -0.2) is 0 Å². The lowest BCUT2D eigenvalue weighted by atomic mass is 10.2. The van der Waals surface area contributed by atoms with Crippen LogP contribution in [0.3, 0.4) is 0 Å². The van der Waals surface area contributed by atoms with Gasteiger partial charge in [-0.3, -0.25) is 20.4 Å². The first-order chi connectivity index (χ1) is 11.0. The van der Waals surface area contributed by atoms with Crippen molar-refractivity contribution in [3.05, 3.63) is 53.0 Å². The number of carbonyl (C=O) groups is 2. The molecule has 2 amide bonds. The van der Waals surface area contributed by atoms with Gasteiger partial charge in [0.05, 0.1) is 5.56 Å². The maximum absolute atomic E-state index is 11.9. The molecule has 1 heterocycles. The Hall–Kier alpha value is -2.76. The summed E-state index contributed by atoms with van der Waals surface area (Å²) in [6, 6.07) is 9.13. The highest BCUT2D eigenvalue weighted by molar-refractivity contribution is 5.96. The molecule has 2 rings (SSSR count). The molecule has 2 aromatic rings. The second kappa shape index (κ2) is 7.49. The molecule has 0 bridgehead atoms. The van der Waals surface area contributed by atoms with Crippen LogP contribution in [0.4, 0.5) is 0 Å². The third-order valence-corrected chi connectivity index (χ3v) is 3.28. The molecule has 0 saturated carbocycles. The van der Waals surface area contributed by atoms with Gasteiger partial charge < -0.3 is 9.15 Å². The van der Waals surface area contributed by atoms with Gasteiger partial charge in [0.15, 0.2) is 6.61 Å². The van der Waals surface area contributed by atoms with Crippen LogP contribution in [-0.4, -0.2) is 18.4 Å². The highest BCUT2D eigenvalue weighted by atomic mass is 16.5. The molecule has 6 heteroatoms. The maximum Gasteiger partial charge on any atom is 0.276 e. The first kappa shape index (κ1) is 16.6. The van der Waals surface area contributed by atoms with Crippen molar-refractivity contribution in [1.82, 2.24) is 10.9 Å². The molecule has 0 aliphatic carbocycles. The van der Waals surface area contributed by atoms with E-state index in [2.05, 4.69) is 10.9 Å². The number of carbonyl (C=O) groups excluding carboxylic acids is 2. The quantitative estimate of drug-likeness (QED) is 0.829. The lowest BCUT2D eigenvalue weighted by molar-refractivity contribution is -0.123. The predicted molar refractivity (Wildman–Crippen MR) is 85.1 cm³/mol. The van der Waals surface area contributed by atoms with Crippen LogP contribution in [0.5, 0.6) is 5.75 Å². The van der Waals surface area contributed by atoms with Gasteiger partial charge in [0.25, 0.3) is 11.8 Å². The first-order valence-corrected chi connectivity index (χ1v) is 7.37. The smallest absolute Gasteiger partial charge is 0.276 e. The molecule has 2 N–H and O–H groups in total. The molecule has 122 valence electrons. The number of hydrazine groups is 1. The van der Waals surface area contributed by atoms with Crippen LogP contribution < -0.4 is 15.6 Å². The first-order valence-electron chi connectivity index (χ1n) is 7.37. The fraction of sp³-hybridized carbons (Fsp3) is 0.294. The number of aryl methyl sites for hydroxylation is 3. The number of hydrogen-bond donors (Lipinski definition) is 2. The summed E-state index contributed by atoms with van der Waals surface area (Å²) < 4.78 is 10.7.